The number of rotatable bonds is 1. The van der Waals surface area contributed by atoms with Crippen LogP contribution in [-0.4, -0.2) is 22.4 Å². The minimum absolute atomic E-state index is 0.398. The summed E-state index contributed by atoms with van der Waals surface area (Å²) in [4.78, 5) is 0. The van der Waals surface area contributed by atoms with Gasteiger partial charge >= 0.3 is 0 Å². The Balaban J connectivity index is 1.40. The Morgan fingerprint density at radius 1 is 0.833 bits per heavy atom. The molecule has 0 aromatic carbocycles. The summed E-state index contributed by atoms with van der Waals surface area (Å²) in [5.74, 6) is 6.78. The zero-order chi connectivity index (χ0) is 16.7. The van der Waals surface area contributed by atoms with Crippen molar-refractivity contribution in [1.29, 1.82) is 0 Å². The largest absolute Gasteiger partial charge is 0.396 e. The normalized spacial score (nSPS) is 62.0. The fourth-order valence-electron chi connectivity index (χ4n) is 8.53. The number of aliphatic hydroxyl groups excluding tert-OH is 1. The first kappa shape index (κ1) is 16.1. The third kappa shape index (κ3) is 2.21. The van der Waals surface area contributed by atoms with Crippen LogP contribution >= 0.6 is 0 Å². The van der Waals surface area contributed by atoms with Crippen molar-refractivity contribution >= 4 is 0 Å². The fourth-order valence-corrected chi connectivity index (χ4v) is 8.53. The maximum absolute atomic E-state index is 10.5. The van der Waals surface area contributed by atoms with E-state index in [-0.39, 0.29) is 0 Å². The molecule has 2 heteroatoms. The van der Waals surface area contributed by atoms with E-state index in [1.165, 1.54) is 44.9 Å². The average Bonchev–Trinajstić information content (AvgIpc) is 3.29. The van der Waals surface area contributed by atoms with Crippen molar-refractivity contribution in [3.05, 3.63) is 0 Å². The maximum Gasteiger partial charge on any atom is 0.0622 e. The van der Waals surface area contributed by atoms with Gasteiger partial charge in [-0.05, 0) is 117 Å². The monoisotopic (exact) mass is 332 g/mol. The van der Waals surface area contributed by atoms with Crippen molar-refractivity contribution < 1.29 is 10.2 Å². The van der Waals surface area contributed by atoms with E-state index in [4.69, 9.17) is 0 Å². The van der Waals surface area contributed by atoms with E-state index in [1.807, 2.05) is 0 Å². The van der Waals surface area contributed by atoms with Crippen LogP contribution in [0.5, 0.6) is 0 Å². The second-order valence-electron chi connectivity index (χ2n) is 10.9. The molecule has 5 aliphatic rings. The van der Waals surface area contributed by atoms with Gasteiger partial charge in [-0.2, -0.15) is 0 Å². The Hall–Kier alpha value is -0.0800. The molecule has 10 atom stereocenters. The predicted octanol–water partition coefficient (Wildman–Crippen LogP) is 4.24. The van der Waals surface area contributed by atoms with Gasteiger partial charge in [-0.3, -0.25) is 0 Å². The molecular weight excluding hydrogens is 296 g/mol. The van der Waals surface area contributed by atoms with Gasteiger partial charge in [0.1, 0.15) is 0 Å². The highest BCUT2D eigenvalue weighted by Gasteiger charge is 2.63. The average molecular weight is 333 g/mol. The molecule has 2 nitrogen and oxygen atoms in total. The fraction of sp³-hybridized carbons (Fsp3) is 1.00. The lowest BCUT2D eigenvalue weighted by molar-refractivity contribution is -0.134. The van der Waals surface area contributed by atoms with Crippen molar-refractivity contribution in [3.8, 4) is 0 Å². The molecule has 0 amide bonds. The first-order chi connectivity index (χ1) is 11.4. The maximum atomic E-state index is 10.5. The Kier molecular flexibility index (Phi) is 3.51. The van der Waals surface area contributed by atoms with E-state index in [1.54, 1.807) is 0 Å². The van der Waals surface area contributed by atoms with Gasteiger partial charge in [0.25, 0.3) is 0 Å². The third-order valence-electron chi connectivity index (χ3n) is 9.77. The van der Waals surface area contributed by atoms with Crippen LogP contribution in [0.4, 0.5) is 0 Å². The van der Waals surface area contributed by atoms with E-state index >= 15 is 0 Å². The lowest BCUT2D eigenvalue weighted by Crippen LogP contribution is -2.54. The van der Waals surface area contributed by atoms with Crippen LogP contribution in [0.25, 0.3) is 0 Å². The Morgan fingerprint density at radius 2 is 1.62 bits per heavy atom. The molecule has 5 aliphatic carbocycles. The zero-order valence-electron chi connectivity index (χ0n) is 15.6. The molecule has 5 rings (SSSR count). The van der Waals surface area contributed by atoms with E-state index in [0.717, 1.165) is 54.3 Å². The molecule has 0 spiro atoms. The summed E-state index contributed by atoms with van der Waals surface area (Å²) in [6.45, 7) is 5.04. The number of fused-ring (bicyclic) bond motifs is 6. The van der Waals surface area contributed by atoms with Gasteiger partial charge in [0, 0.05) is 6.61 Å². The van der Waals surface area contributed by atoms with Crippen LogP contribution in [0, 0.1) is 52.8 Å². The highest BCUT2D eigenvalue weighted by atomic mass is 16.3. The second kappa shape index (κ2) is 5.22. The molecule has 0 bridgehead atoms. The molecule has 0 saturated heterocycles. The molecule has 24 heavy (non-hydrogen) atoms. The molecule has 136 valence electrons. The Bertz CT molecular complexity index is 514. The van der Waals surface area contributed by atoms with Crippen molar-refractivity contribution in [2.75, 3.05) is 6.61 Å². The van der Waals surface area contributed by atoms with Crippen LogP contribution < -0.4 is 0 Å². The Labute approximate surface area is 147 Å². The van der Waals surface area contributed by atoms with Gasteiger partial charge in [0.2, 0.25) is 0 Å². The summed E-state index contributed by atoms with van der Waals surface area (Å²) in [5.41, 5.74) is 0.0197. The molecule has 0 aromatic heterocycles. The number of hydrogen-bond donors (Lipinski definition) is 2. The standard InChI is InChI=1S/C22H36O2/c1-21(24)7-5-15-13(11-21)3-4-17-16(15)6-8-22(2)19(17)10-14-9-18(14)20(22)12-23/h13-20,23-24H,3-12H2,1-2H3/t13-,14+,15+,16-,17-,18+,19+,20?,21-,22+/m1/s1. The molecule has 5 fully saturated rings. The summed E-state index contributed by atoms with van der Waals surface area (Å²) < 4.78 is 0. The summed E-state index contributed by atoms with van der Waals surface area (Å²) in [6, 6.07) is 0. The summed E-state index contributed by atoms with van der Waals surface area (Å²) in [5, 5.41) is 20.6. The van der Waals surface area contributed by atoms with Crippen molar-refractivity contribution in [2.45, 2.75) is 77.2 Å². The van der Waals surface area contributed by atoms with Crippen LogP contribution in [0.2, 0.25) is 0 Å². The highest BCUT2D eigenvalue weighted by molar-refractivity contribution is 5.12. The SMILES string of the molecule is C[C@@]1(O)CC[C@H]2[C@H](CC[C@@H]3[C@@H]2CC[C@]2(C)C(CO)[C@H]4C[C@H]4C[C@@H]32)C1. The lowest BCUT2D eigenvalue weighted by Gasteiger charge is -2.60. The van der Waals surface area contributed by atoms with Crippen LogP contribution in [0.1, 0.15) is 71.6 Å². The van der Waals surface area contributed by atoms with Gasteiger partial charge < -0.3 is 10.2 Å². The number of hydrogen-bond acceptors (Lipinski definition) is 2. The molecule has 2 N–H and O–H groups in total. The van der Waals surface area contributed by atoms with Crippen LogP contribution in [0.15, 0.2) is 0 Å². The first-order valence-corrected chi connectivity index (χ1v) is 10.8. The van der Waals surface area contributed by atoms with Crippen LogP contribution in [0.3, 0.4) is 0 Å². The second-order valence-corrected chi connectivity index (χ2v) is 10.9. The lowest BCUT2D eigenvalue weighted by atomic mass is 9.45. The van der Waals surface area contributed by atoms with Gasteiger partial charge in [-0.25, -0.2) is 0 Å². The molecule has 5 saturated carbocycles. The minimum atomic E-state index is -0.398. The van der Waals surface area contributed by atoms with E-state index in [2.05, 4.69) is 13.8 Å². The number of aliphatic hydroxyl groups is 2. The van der Waals surface area contributed by atoms with E-state index in [0.29, 0.717) is 17.9 Å². The van der Waals surface area contributed by atoms with Gasteiger partial charge in [-0.15, -0.1) is 0 Å². The molecule has 0 heterocycles. The summed E-state index contributed by atoms with van der Waals surface area (Å²) in [6.07, 6.45) is 11.7. The smallest absolute Gasteiger partial charge is 0.0622 e. The third-order valence-corrected chi connectivity index (χ3v) is 9.77. The summed E-state index contributed by atoms with van der Waals surface area (Å²) >= 11 is 0. The molecule has 0 radical (unpaired) electrons. The van der Waals surface area contributed by atoms with E-state index in [9.17, 15) is 10.2 Å². The quantitative estimate of drug-likeness (QED) is 0.754. The Morgan fingerprint density at radius 3 is 2.42 bits per heavy atom. The van der Waals surface area contributed by atoms with Gasteiger partial charge in [-0.1, -0.05) is 6.92 Å². The van der Waals surface area contributed by atoms with E-state index < -0.39 is 5.60 Å². The molecule has 0 aromatic rings. The predicted molar refractivity (Wildman–Crippen MR) is 95.3 cm³/mol. The van der Waals surface area contributed by atoms with Crippen molar-refractivity contribution in [1.82, 2.24) is 0 Å². The molecular formula is C22H36O2. The topological polar surface area (TPSA) is 40.5 Å². The van der Waals surface area contributed by atoms with Crippen LogP contribution in [-0.2, 0) is 0 Å². The highest BCUT2D eigenvalue weighted by Crippen LogP contribution is 2.69. The zero-order valence-corrected chi connectivity index (χ0v) is 15.6. The van der Waals surface area contributed by atoms with Gasteiger partial charge in [0.05, 0.1) is 5.60 Å². The molecule has 1 unspecified atom stereocenters. The van der Waals surface area contributed by atoms with Crippen molar-refractivity contribution in [3.63, 3.8) is 0 Å². The first-order valence-electron chi connectivity index (χ1n) is 10.8. The van der Waals surface area contributed by atoms with Gasteiger partial charge in [0.15, 0.2) is 0 Å². The van der Waals surface area contributed by atoms with Crippen molar-refractivity contribution in [2.24, 2.45) is 52.8 Å². The summed E-state index contributed by atoms with van der Waals surface area (Å²) in [7, 11) is 0. The minimum Gasteiger partial charge on any atom is -0.396 e. The molecule has 0 aliphatic heterocycles.